The number of nitrogens with zero attached hydrogens (tertiary/aromatic N) is 1. The fraction of sp³-hybridized carbons (Fsp3) is 0.529. The third kappa shape index (κ3) is 21.2. The summed E-state index contributed by atoms with van der Waals surface area (Å²) in [5.74, 6) is -13.8. The van der Waals surface area contributed by atoms with E-state index in [1.54, 1.807) is 64.1 Å². The van der Waals surface area contributed by atoms with Crippen LogP contribution in [-0.4, -0.2) is 157 Å². The van der Waals surface area contributed by atoms with E-state index in [-0.39, 0.29) is 61.0 Å². The highest BCUT2D eigenvalue weighted by molar-refractivity contribution is 6.42. The Bertz CT molecular complexity index is 2520. The molecule has 0 aliphatic carbocycles. The van der Waals surface area contributed by atoms with E-state index < -0.39 is 157 Å². The van der Waals surface area contributed by atoms with Gasteiger partial charge in [-0.1, -0.05) is 87.3 Å². The molecule has 9 atom stereocenters. The van der Waals surface area contributed by atoms with Crippen LogP contribution in [0.1, 0.15) is 97.1 Å². The lowest BCUT2D eigenvalue weighted by Crippen LogP contribution is -2.61. The van der Waals surface area contributed by atoms with Gasteiger partial charge >= 0.3 is 23.9 Å². The van der Waals surface area contributed by atoms with Gasteiger partial charge in [-0.25, -0.2) is 4.79 Å². The molecule has 25 nitrogen and oxygen atoms in total. The lowest BCUT2D eigenvalue weighted by molar-refractivity contribution is -0.144. The molecule has 1 aliphatic rings. The van der Waals surface area contributed by atoms with Crippen LogP contribution in [0.3, 0.4) is 0 Å². The molecule has 0 unspecified atom stereocenters. The SMILES string of the molecule is CC(C)C[C@H](NC(=O)[C@@H](NC(=O)[C@@H](N)CCC(=O)O)C(C)C)C(=O)N[C@@H](Cc1ccc(Cl)c(Cl)c1)C(=O)N1CCC[C@@H]1C(=O)N[C@@H](CC(=O)O)C(=O)N[C@@H](C)C(=O)N[C@@H](CCC(=O)O)C(=O)N[C@@H](Cc1ccccc1)C(=O)O. The molecule has 0 aromatic heterocycles. The van der Waals surface area contributed by atoms with Crippen molar-refractivity contribution in [2.75, 3.05) is 6.54 Å². The molecule has 2 aromatic carbocycles. The topological polar surface area (TPSA) is 399 Å². The Labute approximate surface area is 459 Å². The summed E-state index contributed by atoms with van der Waals surface area (Å²) in [5, 5.41) is 55.4. The number of carbonyl (C=O) groups excluding carboxylic acids is 8. The molecule has 1 aliphatic heterocycles. The lowest BCUT2D eigenvalue weighted by Gasteiger charge is -2.31. The second-order valence-corrected chi connectivity index (χ2v) is 20.4. The Morgan fingerprint density at radius 3 is 1.73 bits per heavy atom. The molecular formula is C51H69Cl2N9O16. The maximum atomic E-state index is 14.7. The van der Waals surface area contributed by atoms with E-state index in [1.807, 2.05) is 0 Å². The van der Waals surface area contributed by atoms with Crippen LogP contribution in [0, 0.1) is 11.8 Å². The van der Waals surface area contributed by atoms with Gasteiger partial charge in [0, 0.05) is 32.2 Å². The van der Waals surface area contributed by atoms with Gasteiger partial charge in [0.2, 0.25) is 47.3 Å². The number of nitrogens with two attached hydrogens (primary N) is 1. The van der Waals surface area contributed by atoms with Gasteiger partial charge in [0.05, 0.1) is 22.5 Å². The van der Waals surface area contributed by atoms with Crippen molar-refractivity contribution in [1.29, 1.82) is 0 Å². The van der Waals surface area contributed by atoms with E-state index in [0.717, 1.165) is 11.8 Å². The van der Waals surface area contributed by atoms with Gasteiger partial charge in [0.1, 0.15) is 48.3 Å². The van der Waals surface area contributed by atoms with Crippen LogP contribution in [0.2, 0.25) is 10.0 Å². The first-order chi connectivity index (χ1) is 36.6. The van der Waals surface area contributed by atoms with E-state index in [0.29, 0.717) is 11.1 Å². The number of halogens is 2. The highest BCUT2D eigenvalue weighted by Crippen LogP contribution is 2.25. The summed E-state index contributed by atoms with van der Waals surface area (Å²) >= 11 is 12.5. The second-order valence-electron chi connectivity index (χ2n) is 19.6. The minimum Gasteiger partial charge on any atom is -0.481 e. The molecule has 27 heteroatoms. The van der Waals surface area contributed by atoms with Crippen LogP contribution >= 0.6 is 23.2 Å². The van der Waals surface area contributed by atoms with Gasteiger partial charge in [-0.15, -0.1) is 0 Å². The van der Waals surface area contributed by atoms with Crippen molar-refractivity contribution >= 4 is 94.3 Å². The van der Waals surface area contributed by atoms with E-state index in [2.05, 4.69) is 37.2 Å². The summed E-state index contributed by atoms with van der Waals surface area (Å²) < 4.78 is 0. The fourth-order valence-electron chi connectivity index (χ4n) is 8.23. The van der Waals surface area contributed by atoms with Gasteiger partial charge in [-0.3, -0.25) is 52.7 Å². The number of benzene rings is 2. The molecule has 0 spiro atoms. The number of nitrogens with one attached hydrogen (secondary N) is 7. The molecule has 8 amide bonds. The van der Waals surface area contributed by atoms with E-state index in [4.69, 9.17) is 34.0 Å². The largest absolute Gasteiger partial charge is 0.481 e. The zero-order chi connectivity index (χ0) is 58.6. The Morgan fingerprint density at radius 1 is 0.590 bits per heavy atom. The zero-order valence-electron chi connectivity index (χ0n) is 43.7. The van der Waals surface area contributed by atoms with Crippen LogP contribution in [0.5, 0.6) is 0 Å². The number of amides is 8. The van der Waals surface area contributed by atoms with Gasteiger partial charge < -0.3 is 68.3 Å². The molecule has 428 valence electrons. The maximum Gasteiger partial charge on any atom is 0.326 e. The lowest BCUT2D eigenvalue weighted by atomic mass is 9.98. The van der Waals surface area contributed by atoms with Crippen molar-refractivity contribution in [1.82, 2.24) is 42.1 Å². The summed E-state index contributed by atoms with van der Waals surface area (Å²) in [6.07, 6.45) is -2.88. The fourth-order valence-corrected chi connectivity index (χ4v) is 8.56. The average molecular weight is 1140 g/mol. The minimum absolute atomic E-state index is 0.00736. The first kappa shape index (κ1) is 64.9. The van der Waals surface area contributed by atoms with Crippen LogP contribution in [0.4, 0.5) is 0 Å². The van der Waals surface area contributed by atoms with Crippen molar-refractivity contribution in [2.24, 2.45) is 17.6 Å². The number of likely N-dealkylation sites (tertiary alicyclic amines) is 1. The molecule has 2 aromatic rings. The molecule has 1 saturated heterocycles. The number of rotatable bonds is 31. The predicted octanol–water partition coefficient (Wildman–Crippen LogP) is 0.501. The number of carboxylic acids is 4. The summed E-state index contributed by atoms with van der Waals surface area (Å²) in [6.45, 7) is 7.88. The third-order valence-electron chi connectivity index (χ3n) is 12.4. The predicted molar refractivity (Wildman–Crippen MR) is 280 cm³/mol. The quantitative estimate of drug-likeness (QED) is 0.0489. The highest BCUT2D eigenvalue weighted by atomic mass is 35.5. The molecule has 78 heavy (non-hydrogen) atoms. The molecule has 13 N–H and O–H groups in total. The van der Waals surface area contributed by atoms with Crippen molar-refractivity contribution in [3.63, 3.8) is 0 Å². The van der Waals surface area contributed by atoms with E-state index >= 15 is 0 Å². The molecule has 1 heterocycles. The molecule has 0 saturated carbocycles. The monoisotopic (exact) mass is 1130 g/mol. The minimum atomic E-state index is -1.87. The number of hydrogen-bond acceptors (Lipinski definition) is 13. The molecule has 3 rings (SSSR count). The van der Waals surface area contributed by atoms with Crippen LogP contribution in [0.25, 0.3) is 0 Å². The molecule has 1 fully saturated rings. The van der Waals surface area contributed by atoms with Crippen molar-refractivity contribution < 1.29 is 78.0 Å². The summed E-state index contributed by atoms with van der Waals surface area (Å²) in [4.78, 5) is 158. The van der Waals surface area contributed by atoms with Crippen LogP contribution in [-0.2, 0) is 70.4 Å². The Morgan fingerprint density at radius 2 is 1.15 bits per heavy atom. The number of hydrogen-bond donors (Lipinski definition) is 12. The Hall–Kier alpha value is -7.38. The van der Waals surface area contributed by atoms with Crippen molar-refractivity contribution in [3.8, 4) is 0 Å². The highest BCUT2D eigenvalue weighted by Gasteiger charge is 2.41. The standard InChI is InChI=1S/C51H69Cl2N9O16/c1-25(2)20-34(58-49(75)42(26(3)4)61-44(70)32(54)15-17-39(63)64)47(73)59-36(23-29-13-14-30(52)31(53)21-29)50(76)62-19-9-12-38(62)48(74)57-35(24-41(67)68)46(72)55-27(5)43(69)56-33(16-18-40(65)66)45(71)60-37(51(77)78)22-28-10-7-6-8-11-28/h6-8,10-11,13-14,21,25-27,32-38,42H,9,12,15-20,22-24,54H2,1-5H3,(H,55,72)(H,56,69)(H,57,74)(H,58,75)(H,59,73)(H,60,71)(H,61,70)(H,63,64)(H,65,66)(H,67,68)(H,77,78)/t27-,32-,33-,34-,35-,36-,37-,38+,42-/m0/s1. The summed E-state index contributed by atoms with van der Waals surface area (Å²) in [6, 6.07) is -0.400. The molecular weight excluding hydrogens is 1070 g/mol. The summed E-state index contributed by atoms with van der Waals surface area (Å²) in [7, 11) is 0. The number of carbonyl (C=O) groups is 12. The Kier molecular flexibility index (Phi) is 25.9. The third-order valence-corrected chi connectivity index (χ3v) is 13.1. The van der Waals surface area contributed by atoms with Crippen LogP contribution < -0.4 is 43.0 Å². The maximum absolute atomic E-state index is 14.7. The molecule has 0 radical (unpaired) electrons. The smallest absolute Gasteiger partial charge is 0.326 e. The summed E-state index contributed by atoms with van der Waals surface area (Å²) in [5.41, 5.74) is 6.84. The number of carboxylic acid groups (broad SMARTS) is 4. The first-order valence-corrected chi connectivity index (χ1v) is 25.9. The average Bonchev–Trinajstić information content (AvgIpc) is 3.86. The van der Waals surface area contributed by atoms with E-state index in [1.165, 1.54) is 12.1 Å². The van der Waals surface area contributed by atoms with Crippen molar-refractivity contribution in [3.05, 3.63) is 69.7 Å². The van der Waals surface area contributed by atoms with Crippen LogP contribution in [0.15, 0.2) is 48.5 Å². The van der Waals surface area contributed by atoms with Crippen molar-refractivity contribution in [2.45, 2.75) is 153 Å². The zero-order valence-corrected chi connectivity index (χ0v) is 45.2. The second kappa shape index (κ2) is 31.1. The normalized spacial score (nSPS) is 16.2. The van der Waals surface area contributed by atoms with Gasteiger partial charge in [0.25, 0.3) is 0 Å². The van der Waals surface area contributed by atoms with E-state index in [9.17, 15) is 72.9 Å². The van der Waals surface area contributed by atoms with Gasteiger partial charge in [0.15, 0.2) is 0 Å². The van der Waals surface area contributed by atoms with Gasteiger partial charge in [-0.2, -0.15) is 0 Å². The molecule has 0 bridgehead atoms. The Balaban J connectivity index is 1.85. The first-order valence-electron chi connectivity index (χ1n) is 25.1. The van der Waals surface area contributed by atoms with Gasteiger partial charge in [-0.05, 0) is 74.1 Å². The number of aliphatic carboxylic acids is 4.